The van der Waals surface area contributed by atoms with Gasteiger partial charge in [-0.1, -0.05) is 30.3 Å². The predicted octanol–water partition coefficient (Wildman–Crippen LogP) is 1.98. The van der Waals surface area contributed by atoms with Gasteiger partial charge in [-0.05, 0) is 17.7 Å². The minimum Gasteiger partial charge on any atom is -0.363 e. The maximum Gasteiger partial charge on any atom is 0.256 e. The Hall–Kier alpha value is -2.54. The smallest absolute Gasteiger partial charge is 0.256 e. The molecule has 136 valence electrons. The molecule has 1 aromatic heterocycles. The highest BCUT2D eigenvalue weighted by Crippen LogP contribution is 2.23. The highest BCUT2D eigenvalue weighted by Gasteiger charge is 2.35. The van der Waals surface area contributed by atoms with Crippen molar-refractivity contribution in [1.29, 1.82) is 0 Å². The van der Waals surface area contributed by atoms with Gasteiger partial charge < -0.3 is 15.1 Å². The molecule has 0 saturated carbocycles. The summed E-state index contributed by atoms with van der Waals surface area (Å²) in [5, 5.41) is 2.93. The maximum absolute atomic E-state index is 12.8. The second-order valence-electron chi connectivity index (χ2n) is 6.29. The SMILES string of the molecule is CN(C)c1ccc(C(=O)N2CSCC2C(=O)NCc2ccccc2)cn1. The van der Waals surface area contributed by atoms with Crippen molar-refractivity contribution >= 4 is 29.4 Å². The van der Waals surface area contributed by atoms with Crippen LogP contribution in [0.15, 0.2) is 48.7 Å². The van der Waals surface area contributed by atoms with Crippen molar-refractivity contribution in [2.24, 2.45) is 0 Å². The van der Waals surface area contributed by atoms with E-state index in [1.54, 1.807) is 35.0 Å². The highest BCUT2D eigenvalue weighted by molar-refractivity contribution is 7.99. The van der Waals surface area contributed by atoms with E-state index >= 15 is 0 Å². The van der Waals surface area contributed by atoms with Crippen molar-refractivity contribution in [2.75, 3.05) is 30.6 Å². The second kappa shape index (κ2) is 8.23. The van der Waals surface area contributed by atoms with Crippen molar-refractivity contribution in [2.45, 2.75) is 12.6 Å². The summed E-state index contributed by atoms with van der Waals surface area (Å²) in [7, 11) is 3.79. The van der Waals surface area contributed by atoms with Gasteiger partial charge in [-0.25, -0.2) is 4.98 Å². The third kappa shape index (κ3) is 4.16. The van der Waals surface area contributed by atoms with Crippen LogP contribution in [-0.4, -0.2) is 53.5 Å². The van der Waals surface area contributed by atoms with Gasteiger partial charge in [0, 0.05) is 32.6 Å². The molecule has 0 bridgehead atoms. The van der Waals surface area contributed by atoms with Gasteiger partial charge in [-0.2, -0.15) is 0 Å². The number of nitrogens with zero attached hydrogens (tertiary/aromatic N) is 3. The molecule has 0 radical (unpaired) electrons. The molecule has 1 atom stereocenters. The van der Waals surface area contributed by atoms with Crippen LogP contribution in [0.4, 0.5) is 5.82 Å². The summed E-state index contributed by atoms with van der Waals surface area (Å²) in [6, 6.07) is 12.8. The minimum absolute atomic E-state index is 0.120. The van der Waals surface area contributed by atoms with E-state index in [-0.39, 0.29) is 11.8 Å². The van der Waals surface area contributed by atoms with Crippen molar-refractivity contribution in [3.05, 3.63) is 59.8 Å². The van der Waals surface area contributed by atoms with E-state index in [0.717, 1.165) is 11.4 Å². The van der Waals surface area contributed by atoms with Gasteiger partial charge >= 0.3 is 0 Å². The molecule has 1 aromatic carbocycles. The molecule has 1 N–H and O–H groups in total. The minimum atomic E-state index is -0.454. The third-order valence-corrected chi connectivity index (χ3v) is 5.22. The molecule has 7 heteroatoms. The fourth-order valence-electron chi connectivity index (χ4n) is 2.71. The van der Waals surface area contributed by atoms with Crippen LogP contribution in [0.5, 0.6) is 0 Å². The van der Waals surface area contributed by atoms with Crippen LogP contribution in [0.1, 0.15) is 15.9 Å². The standard InChI is InChI=1S/C19H22N4O2S/c1-22(2)17-9-8-15(11-20-17)19(25)23-13-26-12-16(23)18(24)21-10-14-6-4-3-5-7-14/h3-9,11,16H,10,12-13H2,1-2H3,(H,21,24). The number of carbonyl (C=O) groups is 2. The number of carbonyl (C=O) groups excluding carboxylic acids is 2. The summed E-state index contributed by atoms with van der Waals surface area (Å²) in [6.07, 6.45) is 1.57. The summed E-state index contributed by atoms with van der Waals surface area (Å²) < 4.78 is 0. The van der Waals surface area contributed by atoms with E-state index in [1.165, 1.54) is 0 Å². The first-order valence-corrected chi connectivity index (χ1v) is 9.55. The lowest BCUT2D eigenvalue weighted by molar-refractivity contribution is -0.124. The van der Waals surface area contributed by atoms with Gasteiger partial charge in [0.15, 0.2) is 0 Å². The molecule has 1 aliphatic heterocycles. The van der Waals surface area contributed by atoms with E-state index in [2.05, 4.69) is 10.3 Å². The summed E-state index contributed by atoms with van der Waals surface area (Å²) >= 11 is 1.59. The lowest BCUT2D eigenvalue weighted by Gasteiger charge is -2.23. The lowest BCUT2D eigenvalue weighted by Crippen LogP contribution is -2.47. The Labute approximate surface area is 157 Å². The Morgan fingerprint density at radius 1 is 1.23 bits per heavy atom. The summed E-state index contributed by atoms with van der Waals surface area (Å²) in [5.74, 6) is 1.63. The lowest BCUT2D eigenvalue weighted by atomic mass is 10.2. The zero-order valence-electron chi connectivity index (χ0n) is 14.9. The van der Waals surface area contributed by atoms with Crippen LogP contribution >= 0.6 is 11.8 Å². The number of aromatic nitrogens is 1. The molecule has 1 unspecified atom stereocenters. The Kier molecular flexibility index (Phi) is 5.78. The van der Waals surface area contributed by atoms with E-state index in [0.29, 0.717) is 23.7 Å². The molecule has 0 aliphatic carbocycles. The second-order valence-corrected chi connectivity index (χ2v) is 7.29. The average molecular weight is 370 g/mol. The summed E-state index contributed by atoms with van der Waals surface area (Å²) in [4.78, 5) is 33.1. The molecule has 1 saturated heterocycles. The quantitative estimate of drug-likeness (QED) is 0.872. The van der Waals surface area contributed by atoms with Gasteiger partial charge in [-0.15, -0.1) is 11.8 Å². The van der Waals surface area contributed by atoms with Crippen molar-refractivity contribution in [1.82, 2.24) is 15.2 Å². The molecule has 3 rings (SSSR count). The van der Waals surface area contributed by atoms with Crippen LogP contribution in [0.25, 0.3) is 0 Å². The van der Waals surface area contributed by atoms with Gasteiger partial charge in [0.2, 0.25) is 5.91 Å². The Bertz CT molecular complexity index is 765. The fourth-order valence-corrected chi connectivity index (χ4v) is 3.86. The topological polar surface area (TPSA) is 65.5 Å². The number of anilines is 1. The van der Waals surface area contributed by atoms with E-state index < -0.39 is 6.04 Å². The van der Waals surface area contributed by atoms with Crippen molar-refractivity contribution in [3.63, 3.8) is 0 Å². The number of hydrogen-bond donors (Lipinski definition) is 1. The van der Waals surface area contributed by atoms with Gasteiger partial charge in [0.1, 0.15) is 11.9 Å². The molecular weight excluding hydrogens is 348 g/mol. The van der Waals surface area contributed by atoms with E-state index in [9.17, 15) is 9.59 Å². The fraction of sp³-hybridized carbons (Fsp3) is 0.316. The first-order valence-electron chi connectivity index (χ1n) is 8.40. The predicted molar refractivity (Wildman–Crippen MR) is 104 cm³/mol. The molecular formula is C19H22N4O2S. The van der Waals surface area contributed by atoms with Gasteiger partial charge in [-0.3, -0.25) is 9.59 Å². The van der Waals surface area contributed by atoms with Crippen molar-refractivity contribution in [3.8, 4) is 0 Å². The van der Waals surface area contributed by atoms with Crippen LogP contribution in [0.2, 0.25) is 0 Å². The van der Waals surface area contributed by atoms with Gasteiger partial charge in [0.05, 0.1) is 11.4 Å². The van der Waals surface area contributed by atoms with Crippen molar-refractivity contribution < 1.29 is 9.59 Å². The summed E-state index contributed by atoms with van der Waals surface area (Å²) in [6.45, 7) is 0.460. The normalized spacial score (nSPS) is 16.4. The van der Waals surface area contributed by atoms with E-state index in [1.807, 2.05) is 49.3 Å². The molecule has 6 nitrogen and oxygen atoms in total. The van der Waals surface area contributed by atoms with Crippen LogP contribution in [0, 0.1) is 0 Å². The number of rotatable bonds is 5. The molecule has 2 heterocycles. The first kappa shape index (κ1) is 18.3. The first-order chi connectivity index (χ1) is 12.6. The number of pyridine rings is 1. The summed E-state index contributed by atoms with van der Waals surface area (Å²) in [5.41, 5.74) is 1.53. The third-order valence-electron chi connectivity index (χ3n) is 4.21. The Morgan fingerprint density at radius 2 is 2.00 bits per heavy atom. The number of benzene rings is 1. The molecule has 26 heavy (non-hydrogen) atoms. The largest absolute Gasteiger partial charge is 0.363 e. The number of nitrogens with one attached hydrogen (secondary N) is 1. The zero-order chi connectivity index (χ0) is 18.5. The average Bonchev–Trinajstić information content (AvgIpc) is 3.16. The molecule has 2 aromatic rings. The molecule has 1 fully saturated rings. The highest BCUT2D eigenvalue weighted by atomic mass is 32.2. The molecule has 0 spiro atoms. The number of hydrogen-bond acceptors (Lipinski definition) is 5. The van der Waals surface area contributed by atoms with Gasteiger partial charge in [0.25, 0.3) is 5.91 Å². The Morgan fingerprint density at radius 3 is 2.65 bits per heavy atom. The van der Waals surface area contributed by atoms with Crippen LogP contribution < -0.4 is 10.2 Å². The maximum atomic E-state index is 12.8. The Balaban J connectivity index is 1.65. The molecule has 1 aliphatic rings. The van der Waals surface area contributed by atoms with E-state index in [4.69, 9.17) is 0 Å². The monoisotopic (exact) mass is 370 g/mol. The van der Waals surface area contributed by atoms with Crippen LogP contribution in [-0.2, 0) is 11.3 Å². The number of thioether (sulfide) groups is 1. The van der Waals surface area contributed by atoms with Crippen LogP contribution in [0.3, 0.4) is 0 Å². The zero-order valence-corrected chi connectivity index (χ0v) is 15.7. The molecule has 2 amide bonds. The number of amides is 2.